The number of halogens is 1. The maximum Gasteiger partial charge on any atom is 0.192 e. The van der Waals surface area contributed by atoms with Gasteiger partial charge in [0.1, 0.15) is 23.9 Å². The van der Waals surface area contributed by atoms with Crippen LogP contribution in [0.5, 0.6) is 5.75 Å². The maximum absolute atomic E-state index is 6.90. The average Bonchev–Trinajstić information content (AvgIpc) is 3.79. The number of aryl methyl sites for hydroxylation is 2. The Labute approximate surface area is 287 Å². The summed E-state index contributed by atoms with van der Waals surface area (Å²) in [6.45, 7) is 24.6. The van der Waals surface area contributed by atoms with Crippen molar-refractivity contribution in [1.82, 2.24) is 20.0 Å². The van der Waals surface area contributed by atoms with Crippen LogP contribution in [0.25, 0.3) is 22.6 Å². The van der Waals surface area contributed by atoms with Crippen molar-refractivity contribution in [3.63, 3.8) is 0 Å². The van der Waals surface area contributed by atoms with Crippen LogP contribution in [0.3, 0.4) is 0 Å². The van der Waals surface area contributed by atoms with Crippen molar-refractivity contribution in [3.8, 4) is 28.4 Å². The lowest BCUT2D eigenvalue weighted by atomic mass is 9.72. The molecule has 1 atom stereocenters. The third kappa shape index (κ3) is 7.14. The first-order valence-electron chi connectivity index (χ1n) is 17.6. The Balaban J connectivity index is 1.28. The Morgan fingerprint density at radius 1 is 1.09 bits per heavy atom. The predicted octanol–water partition coefficient (Wildman–Crippen LogP) is 9.01. The summed E-state index contributed by atoms with van der Waals surface area (Å²) in [5.41, 5.74) is 4.76. The lowest BCUT2D eigenvalue weighted by molar-refractivity contribution is 0.0716. The molecule has 1 aromatic carbocycles. The number of piperidine rings is 1. The maximum atomic E-state index is 6.90. The van der Waals surface area contributed by atoms with Gasteiger partial charge in [-0.2, -0.15) is 0 Å². The summed E-state index contributed by atoms with van der Waals surface area (Å²) in [7, 11) is -1.94. The van der Waals surface area contributed by atoms with E-state index in [1.807, 2.05) is 32.0 Å². The Bertz CT molecular complexity index is 1560. The monoisotopic (exact) mass is 679 g/mol. The second-order valence-electron chi connectivity index (χ2n) is 15.9. The van der Waals surface area contributed by atoms with E-state index in [1.165, 1.54) is 38.8 Å². The third-order valence-corrected chi connectivity index (χ3v) is 16.0. The molecule has 6 rings (SSSR count). The fourth-order valence-electron chi connectivity index (χ4n) is 7.08. The van der Waals surface area contributed by atoms with Crippen molar-refractivity contribution in [3.05, 3.63) is 40.2 Å². The molecule has 4 heterocycles. The van der Waals surface area contributed by atoms with Gasteiger partial charge < -0.3 is 23.5 Å². The minimum Gasteiger partial charge on any atom is -0.491 e. The van der Waals surface area contributed by atoms with Crippen molar-refractivity contribution < 1.29 is 13.7 Å². The molecule has 3 aliphatic rings. The fraction of sp³-hybridized carbons (Fsp3) is 0.649. The number of rotatable bonds is 11. The van der Waals surface area contributed by atoms with Crippen LogP contribution in [0.4, 0.5) is 5.82 Å². The first kappa shape index (κ1) is 34.4. The summed E-state index contributed by atoms with van der Waals surface area (Å²) in [4.78, 5) is 15.5. The zero-order valence-electron chi connectivity index (χ0n) is 30.0. The quantitative estimate of drug-likeness (QED) is 0.186. The number of ether oxygens (including phenoxy) is 1. The van der Waals surface area contributed by atoms with E-state index >= 15 is 0 Å². The third-order valence-electron chi connectivity index (χ3n) is 11.2. The van der Waals surface area contributed by atoms with E-state index in [0.29, 0.717) is 22.9 Å². The Morgan fingerprint density at radius 3 is 2.38 bits per heavy atom. The summed E-state index contributed by atoms with van der Waals surface area (Å²) >= 11 is 6.90. The van der Waals surface area contributed by atoms with E-state index in [4.69, 9.17) is 35.3 Å². The van der Waals surface area contributed by atoms with Gasteiger partial charge >= 0.3 is 0 Å². The number of hydrogen-bond donors (Lipinski definition) is 0. The lowest BCUT2D eigenvalue weighted by Crippen LogP contribution is -2.61. The molecule has 2 aromatic heterocycles. The molecule has 3 aromatic rings. The van der Waals surface area contributed by atoms with Gasteiger partial charge in [-0.05, 0) is 102 Å². The summed E-state index contributed by atoms with van der Waals surface area (Å²) in [5, 5.41) is 4.98. The van der Waals surface area contributed by atoms with E-state index in [2.05, 4.69) is 62.7 Å². The van der Waals surface area contributed by atoms with E-state index in [-0.39, 0.29) is 11.1 Å². The van der Waals surface area contributed by atoms with Gasteiger partial charge in [-0.3, -0.25) is 0 Å². The van der Waals surface area contributed by atoms with Gasteiger partial charge in [0.05, 0.1) is 28.1 Å². The molecule has 0 bridgehead atoms. The number of benzene rings is 1. The first-order valence-corrected chi connectivity index (χ1v) is 20.9. The highest BCUT2D eigenvalue weighted by Gasteiger charge is 2.47. The van der Waals surface area contributed by atoms with E-state index in [0.717, 1.165) is 77.4 Å². The second kappa shape index (κ2) is 13.1. The molecule has 8 nitrogen and oxygen atoms in total. The van der Waals surface area contributed by atoms with Crippen molar-refractivity contribution >= 4 is 25.7 Å². The molecular weight excluding hydrogens is 626 g/mol. The van der Waals surface area contributed by atoms with Gasteiger partial charge in [0.2, 0.25) is 0 Å². The van der Waals surface area contributed by atoms with Crippen molar-refractivity contribution in [2.24, 2.45) is 5.41 Å². The zero-order valence-corrected chi connectivity index (χ0v) is 31.8. The molecule has 0 unspecified atom stereocenters. The normalized spacial score (nSPS) is 19.2. The van der Waals surface area contributed by atoms with Gasteiger partial charge in [0.15, 0.2) is 14.1 Å². The van der Waals surface area contributed by atoms with Gasteiger partial charge in [-0.25, -0.2) is 9.97 Å². The van der Waals surface area contributed by atoms with Crippen LogP contribution < -0.4 is 9.64 Å². The molecule has 3 fully saturated rings. The molecular formula is C37H54ClN5O3Si. The molecule has 1 spiro atoms. The number of aromatic nitrogens is 3. The smallest absolute Gasteiger partial charge is 0.192 e. The number of likely N-dealkylation sites (tertiary alicyclic amines) is 1. The number of hydrogen-bond acceptors (Lipinski definition) is 8. The Kier molecular flexibility index (Phi) is 9.59. The van der Waals surface area contributed by atoms with E-state index < -0.39 is 8.32 Å². The minimum absolute atomic E-state index is 0.0308. The lowest BCUT2D eigenvalue weighted by Gasteiger charge is -2.55. The summed E-state index contributed by atoms with van der Waals surface area (Å²) in [6.07, 6.45) is 7.30. The van der Waals surface area contributed by atoms with Gasteiger partial charge in [0.25, 0.3) is 0 Å². The highest BCUT2D eigenvalue weighted by Crippen LogP contribution is 2.46. The highest BCUT2D eigenvalue weighted by atomic mass is 35.5. The SMILES string of the molecule is CCC[C@H](COc1ccc(Cl)c(-c2nc(-c3c(C)noc3C)c(C)c(N3CC4(CCN(C5CC5)CC4)C3)n2)c1)O[Si](C)(C)C(C)(C)C. The van der Waals surface area contributed by atoms with Crippen LogP contribution in [0, 0.1) is 26.2 Å². The molecule has 1 saturated carbocycles. The zero-order chi connectivity index (χ0) is 33.7. The topological polar surface area (TPSA) is 76.8 Å². The largest absolute Gasteiger partial charge is 0.491 e. The molecule has 0 radical (unpaired) electrons. The fourth-order valence-corrected chi connectivity index (χ4v) is 8.65. The molecule has 10 heteroatoms. The van der Waals surface area contributed by atoms with Gasteiger partial charge in [0, 0.05) is 35.7 Å². The minimum atomic E-state index is -1.94. The van der Waals surface area contributed by atoms with Crippen molar-refractivity contribution in [2.45, 2.75) is 117 Å². The van der Waals surface area contributed by atoms with Crippen LogP contribution in [0.2, 0.25) is 23.2 Å². The number of nitrogens with zero attached hydrogens (tertiary/aromatic N) is 5. The van der Waals surface area contributed by atoms with Crippen LogP contribution in [0.1, 0.15) is 83.2 Å². The summed E-state index contributed by atoms with van der Waals surface area (Å²) in [5.74, 6) is 3.04. The molecule has 256 valence electrons. The molecule has 1 aliphatic carbocycles. The Hall–Kier alpha value is -2.46. The Morgan fingerprint density at radius 2 is 1.79 bits per heavy atom. The van der Waals surface area contributed by atoms with Crippen molar-refractivity contribution in [2.75, 3.05) is 37.7 Å². The number of anilines is 1. The highest BCUT2D eigenvalue weighted by molar-refractivity contribution is 6.74. The van der Waals surface area contributed by atoms with Gasteiger partial charge in [-0.1, -0.05) is 50.9 Å². The van der Waals surface area contributed by atoms with Crippen LogP contribution >= 0.6 is 11.6 Å². The second-order valence-corrected chi connectivity index (χ2v) is 21.1. The molecule has 0 N–H and O–H groups in total. The van der Waals surface area contributed by atoms with Crippen LogP contribution in [-0.2, 0) is 4.43 Å². The van der Waals surface area contributed by atoms with Crippen LogP contribution in [-0.4, -0.2) is 73.3 Å². The molecule has 0 amide bonds. The van der Waals surface area contributed by atoms with E-state index in [9.17, 15) is 0 Å². The van der Waals surface area contributed by atoms with E-state index in [1.54, 1.807) is 0 Å². The van der Waals surface area contributed by atoms with Gasteiger partial charge in [-0.15, -0.1) is 0 Å². The standard InChI is InChI=1S/C37H54ClN5O3Si/c1-10-11-29(46-47(8,9)36(5,6)7)21-44-28-14-15-31(38)30(20-28)34-39-33(32-25(3)41-45-26(32)4)24(2)35(40-34)43-22-37(23-43)16-18-42(19-17-37)27-12-13-27/h14-15,20,27,29H,10-13,16-19,21-23H2,1-9H3/t29-/m1/s1. The molecule has 47 heavy (non-hydrogen) atoms. The molecule has 2 aliphatic heterocycles. The predicted molar refractivity (Wildman–Crippen MR) is 193 cm³/mol. The first-order chi connectivity index (χ1) is 22.2. The van der Waals surface area contributed by atoms with Crippen LogP contribution in [0.15, 0.2) is 22.7 Å². The molecule has 2 saturated heterocycles. The average molecular weight is 680 g/mol. The van der Waals surface area contributed by atoms with Crippen molar-refractivity contribution in [1.29, 1.82) is 0 Å². The summed E-state index contributed by atoms with van der Waals surface area (Å²) in [6, 6.07) is 6.65. The summed E-state index contributed by atoms with van der Waals surface area (Å²) < 4.78 is 18.8.